The molecule has 2 aromatic rings. The highest BCUT2D eigenvalue weighted by atomic mass is 15.3. The third-order valence-electron chi connectivity index (χ3n) is 4.61. The molecule has 1 aromatic carbocycles. The van der Waals surface area contributed by atoms with Crippen molar-refractivity contribution in [1.29, 1.82) is 0 Å². The van der Waals surface area contributed by atoms with Crippen LogP contribution in [-0.4, -0.2) is 61.7 Å². The van der Waals surface area contributed by atoms with Gasteiger partial charge in [0.1, 0.15) is 0 Å². The van der Waals surface area contributed by atoms with Crippen LogP contribution in [0, 0.1) is 0 Å². The normalized spacial score (nSPS) is 16.9. The van der Waals surface area contributed by atoms with Crippen molar-refractivity contribution in [1.82, 2.24) is 14.9 Å². The van der Waals surface area contributed by atoms with E-state index in [1.165, 1.54) is 11.3 Å². The molecule has 0 bridgehead atoms. The smallest absolute Gasteiger partial charge is 0.225 e. The van der Waals surface area contributed by atoms with E-state index in [0.29, 0.717) is 6.54 Å². The van der Waals surface area contributed by atoms with Gasteiger partial charge in [-0.1, -0.05) is 12.1 Å². The molecule has 0 radical (unpaired) electrons. The molecule has 1 atom stereocenters. The molecule has 3 rings (SSSR count). The molecule has 0 spiro atoms. The number of anilines is 2. The zero-order valence-electron chi connectivity index (χ0n) is 14.5. The van der Waals surface area contributed by atoms with E-state index in [9.17, 15) is 0 Å². The van der Waals surface area contributed by atoms with Gasteiger partial charge in [-0.2, -0.15) is 0 Å². The summed E-state index contributed by atoms with van der Waals surface area (Å²) in [4.78, 5) is 15.5. The molecule has 0 aliphatic carbocycles. The monoisotopic (exact) mass is 326 g/mol. The van der Waals surface area contributed by atoms with Crippen molar-refractivity contribution in [3.05, 3.63) is 48.3 Å². The number of nitrogens with zero attached hydrogens (tertiary/aromatic N) is 5. The summed E-state index contributed by atoms with van der Waals surface area (Å²) in [5.74, 6) is 0.816. The van der Waals surface area contributed by atoms with E-state index in [2.05, 4.69) is 63.0 Å². The third kappa shape index (κ3) is 3.66. The van der Waals surface area contributed by atoms with E-state index in [1.54, 1.807) is 12.4 Å². The molecule has 6 heteroatoms. The molecule has 0 amide bonds. The van der Waals surface area contributed by atoms with Crippen molar-refractivity contribution in [3.63, 3.8) is 0 Å². The highest BCUT2D eigenvalue weighted by molar-refractivity contribution is 5.46. The average molecular weight is 326 g/mol. The van der Waals surface area contributed by atoms with Gasteiger partial charge in [0.15, 0.2) is 0 Å². The quantitative estimate of drug-likeness (QED) is 0.895. The lowest BCUT2D eigenvalue weighted by atomic mass is 10.0. The van der Waals surface area contributed by atoms with Gasteiger partial charge in [-0.25, -0.2) is 9.97 Å². The van der Waals surface area contributed by atoms with Crippen LogP contribution in [-0.2, 0) is 0 Å². The van der Waals surface area contributed by atoms with Crippen molar-refractivity contribution in [2.45, 2.75) is 6.04 Å². The Hall–Kier alpha value is -2.18. The van der Waals surface area contributed by atoms with Crippen LogP contribution in [0.4, 0.5) is 11.6 Å². The maximum Gasteiger partial charge on any atom is 0.225 e. The van der Waals surface area contributed by atoms with Gasteiger partial charge in [-0.3, -0.25) is 4.90 Å². The van der Waals surface area contributed by atoms with Gasteiger partial charge in [0.25, 0.3) is 0 Å². The highest BCUT2D eigenvalue weighted by Gasteiger charge is 2.25. The lowest BCUT2D eigenvalue weighted by Gasteiger charge is -2.39. The van der Waals surface area contributed by atoms with E-state index < -0.39 is 0 Å². The lowest BCUT2D eigenvalue weighted by molar-refractivity contribution is 0.189. The molecule has 24 heavy (non-hydrogen) atoms. The molecule has 0 saturated carbocycles. The van der Waals surface area contributed by atoms with Crippen LogP contribution in [0.25, 0.3) is 0 Å². The maximum absolute atomic E-state index is 6.09. The number of nitrogens with two attached hydrogens (primary N) is 1. The molecule has 1 aromatic heterocycles. The summed E-state index contributed by atoms with van der Waals surface area (Å²) in [6.07, 6.45) is 3.59. The van der Waals surface area contributed by atoms with E-state index >= 15 is 0 Å². The fourth-order valence-corrected chi connectivity index (χ4v) is 3.18. The van der Waals surface area contributed by atoms with Crippen LogP contribution >= 0.6 is 0 Å². The molecule has 1 aliphatic rings. The van der Waals surface area contributed by atoms with E-state index in [4.69, 9.17) is 5.73 Å². The van der Waals surface area contributed by atoms with Crippen LogP contribution < -0.4 is 15.5 Å². The first-order valence-corrected chi connectivity index (χ1v) is 8.42. The molecule has 1 aliphatic heterocycles. The molecule has 128 valence electrons. The Morgan fingerprint density at radius 3 is 2.21 bits per heavy atom. The Balaban J connectivity index is 1.65. The molecule has 2 heterocycles. The Morgan fingerprint density at radius 2 is 1.67 bits per heavy atom. The number of hydrogen-bond acceptors (Lipinski definition) is 6. The predicted molar refractivity (Wildman–Crippen MR) is 98.4 cm³/mol. The van der Waals surface area contributed by atoms with Crippen molar-refractivity contribution in [2.75, 3.05) is 56.6 Å². The summed E-state index contributed by atoms with van der Waals surface area (Å²) in [5.41, 5.74) is 8.58. The van der Waals surface area contributed by atoms with E-state index in [1.807, 2.05) is 6.07 Å². The fourth-order valence-electron chi connectivity index (χ4n) is 3.18. The van der Waals surface area contributed by atoms with Crippen LogP contribution in [0.1, 0.15) is 11.6 Å². The van der Waals surface area contributed by atoms with Crippen LogP contribution in [0.2, 0.25) is 0 Å². The van der Waals surface area contributed by atoms with Crippen molar-refractivity contribution < 1.29 is 0 Å². The highest BCUT2D eigenvalue weighted by Crippen LogP contribution is 2.24. The Kier molecular flexibility index (Phi) is 5.27. The number of hydrogen-bond donors (Lipinski definition) is 1. The summed E-state index contributed by atoms with van der Waals surface area (Å²) in [7, 11) is 4.11. The zero-order chi connectivity index (χ0) is 16.9. The second-order valence-electron chi connectivity index (χ2n) is 6.31. The summed E-state index contributed by atoms with van der Waals surface area (Å²) in [6.45, 7) is 4.42. The first kappa shape index (κ1) is 16.7. The van der Waals surface area contributed by atoms with E-state index in [0.717, 1.165) is 32.1 Å². The molecular formula is C18H26N6. The maximum atomic E-state index is 6.09. The van der Waals surface area contributed by atoms with Crippen molar-refractivity contribution >= 4 is 11.6 Å². The minimum absolute atomic E-state index is 0.264. The Labute approximate surface area is 143 Å². The first-order chi connectivity index (χ1) is 11.7. The minimum atomic E-state index is 0.264. The van der Waals surface area contributed by atoms with Gasteiger partial charge in [-0.05, 0) is 23.8 Å². The molecule has 1 unspecified atom stereocenters. The second kappa shape index (κ2) is 7.59. The molecule has 1 saturated heterocycles. The Bertz CT molecular complexity index is 620. The number of rotatable bonds is 5. The van der Waals surface area contributed by atoms with Crippen LogP contribution in [0.15, 0.2) is 42.7 Å². The molecule has 2 N–H and O–H groups in total. The predicted octanol–water partition coefficient (Wildman–Crippen LogP) is 1.36. The van der Waals surface area contributed by atoms with Crippen LogP contribution in [0.3, 0.4) is 0 Å². The van der Waals surface area contributed by atoms with Gasteiger partial charge in [0, 0.05) is 70.9 Å². The minimum Gasteiger partial charge on any atom is -0.378 e. The molecule has 1 fully saturated rings. The SMILES string of the molecule is CN(C)c1ccc(C(CN)N2CCN(c3ncccn3)CC2)cc1. The lowest BCUT2D eigenvalue weighted by Crippen LogP contribution is -2.49. The van der Waals surface area contributed by atoms with Gasteiger partial charge in [-0.15, -0.1) is 0 Å². The Morgan fingerprint density at radius 1 is 1.04 bits per heavy atom. The summed E-state index contributed by atoms with van der Waals surface area (Å²) >= 11 is 0. The summed E-state index contributed by atoms with van der Waals surface area (Å²) in [5, 5.41) is 0. The number of piperazine rings is 1. The van der Waals surface area contributed by atoms with Gasteiger partial charge in [0.2, 0.25) is 5.95 Å². The largest absolute Gasteiger partial charge is 0.378 e. The summed E-state index contributed by atoms with van der Waals surface area (Å²) < 4.78 is 0. The number of aromatic nitrogens is 2. The average Bonchev–Trinajstić information content (AvgIpc) is 2.64. The van der Waals surface area contributed by atoms with Gasteiger partial charge in [0.05, 0.1) is 0 Å². The van der Waals surface area contributed by atoms with E-state index in [-0.39, 0.29) is 6.04 Å². The number of benzene rings is 1. The zero-order valence-corrected chi connectivity index (χ0v) is 14.5. The van der Waals surface area contributed by atoms with Crippen LogP contribution in [0.5, 0.6) is 0 Å². The summed E-state index contributed by atoms with van der Waals surface area (Å²) in [6, 6.07) is 10.8. The van der Waals surface area contributed by atoms with Crippen molar-refractivity contribution in [2.24, 2.45) is 5.73 Å². The standard InChI is InChI=1S/C18H26N6/c1-22(2)16-6-4-15(5-7-16)17(14-19)23-10-12-24(13-11-23)18-20-8-3-9-21-18/h3-9,17H,10-14,19H2,1-2H3. The topological polar surface area (TPSA) is 61.5 Å². The fraction of sp³-hybridized carbons (Fsp3) is 0.444. The third-order valence-corrected chi connectivity index (χ3v) is 4.61. The van der Waals surface area contributed by atoms with Crippen molar-refractivity contribution in [3.8, 4) is 0 Å². The molecule has 6 nitrogen and oxygen atoms in total. The second-order valence-corrected chi connectivity index (χ2v) is 6.31. The first-order valence-electron chi connectivity index (χ1n) is 8.42. The van der Waals surface area contributed by atoms with Gasteiger partial charge < -0.3 is 15.5 Å². The van der Waals surface area contributed by atoms with Gasteiger partial charge >= 0.3 is 0 Å². The molecular weight excluding hydrogens is 300 g/mol.